The summed E-state index contributed by atoms with van der Waals surface area (Å²) in [4.78, 5) is 37.6. The molecule has 3 rings (SSSR count). The van der Waals surface area contributed by atoms with E-state index in [2.05, 4.69) is 5.32 Å². The fourth-order valence-electron chi connectivity index (χ4n) is 3.11. The van der Waals surface area contributed by atoms with E-state index in [1.54, 1.807) is 23.1 Å². The predicted molar refractivity (Wildman–Crippen MR) is 107 cm³/mol. The largest absolute Gasteiger partial charge is 0.496 e. The van der Waals surface area contributed by atoms with Gasteiger partial charge in [0.2, 0.25) is 0 Å². The summed E-state index contributed by atoms with van der Waals surface area (Å²) in [7, 11) is 1.53. The number of para-hydroxylation sites is 1. The zero-order chi connectivity index (χ0) is 20.8. The average molecular weight is 395 g/mol. The van der Waals surface area contributed by atoms with Crippen molar-refractivity contribution in [2.45, 2.75) is 12.8 Å². The number of benzene rings is 2. The number of hydrogen-bond donors (Lipinski definition) is 1. The first kappa shape index (κ1) is 20.1. The number of ether oxygens (including phenoxy) is 1. The first-order chi connectivity index (χ1) is 14.0. The molecule has 0 aliphatic carbocycles. The van der Waals surface area contributed by atoms with E-state index in [1.165, 1.54) is 31.4 Å². The maximum atomic E-state index is 13.0. The summed E-state index contributed by atoms with van der Waals surface area (Å²) in [5, 5.41) is 13.5. The van der Waals surface area contributed by atoms with E-state index in [-0.39, 0.29) is 22.9 Å². The number of non-ortho nitro benzene ring substituents is 1. The normalized spacial score (nSPS) is 13.8. The number of nitrogens with zero attached hydrogens (tertiary/aromatic N) is 2. The van der Waals surface area contributed by atoms with Crippen molar-refractivity contribution in [1.82, 2.24) is 10.2 Å². The Labute approximate surface area is 167 Å². The van der Waals surface area contributed by atoms with Crippen LogP contribution in [0.1, 0.15) is 28.8 Å². The van der Waals surface area contributed by atoms with Crippen molar-refractivity contribution >= 4 is 23.6 Å². The van der Waals surface area contributed by atoms with Crippen LogP contribution in [-0.4, -0.2) is 41.8 Å². The molecule has 1 saturated heterocycles. The Balaban J connectivity index is 1.90. The highest BCUT2D eigenvalue weighted by Gasteiger charge is 2.24. The Morgan fingerprint density at radius 2 is 1.76 bits per heavy atom. The van der Waals surface area contributed by atoms with Crippen LogP contribution in [0, 0.1) is 10.1 Å². The van der Waals surface area contributed by atoms with E-state index < -0.39 is 10.8 Å². The predicted octanol–water partition coefficient (Wildman–Crippen LogP) is 3.00. The SMILES string of the molecule is COc1ccccc1C=C(NC(=O)c1ccc([N+](=O)[O-])cc1)C(=O)N1CCCC1. The van der Waals surface area contributed by atoms with Crippen LogP contribution in [0.25, 0.3) is 6.08 Å². The lowest BCUT2D eigenvalue weighted by atomic mass is 10.1. The van der Waals surface area contributed by atoms with Crippen LogP contribution in [0.3, 0.4) is 0 Å². The second-order valence-corrected chi connectivity index (χ2v) is 6.56. The molecular formula is C21H21N3O5. The molecule has 0 atom stereocenters. The summed E-state index contributed by atoms with van der Waals surface area (Å²) in [6.45, 7) is 1.27. The number of amides is 2. The first-order valence-corrected chi connectivity index (χ1v) is 9.19. The minimum Gasteiger partial charge on any atom is -0.496 e. The fourth-order valence-corrected chi connectivity index (χ4v) is 3.11. The number of carbonyl (C=O) groups excluding carboxylic acids is 2. The number of methoxy groups -OCH3 is 1. The van der Waals surface area contributed by atoms with Crippen molar-refractivity contribution in [2.24, 2.45) is 0 Å². The standard InChI is InChI=1S/C21H21N3O5/c1-29-19-7-3-2-6-16(19)14-18(21(26)23-12-4-5-13-23)22-20(25)15-8-10-17(11-9-15)24(27)28/h2-3,6-11,14H,4-5,12-13H2,1H3,(H,22,25). The Kier molecular flexibility index (Phi) is 6.23. The molecule has 0 radical (unpaired) electrons. The van der Waals surface area contributed by atoms with Gasteiger partial charge in [-0.05, 0) is 37.1 Å². The lowest BCUT2D eigenvalue weighted by Gasteiger charge is -2.18. The van der Waals surface area contributed by atoms with E-state index in [0.717, 1.165) is 12.8 Å². The average Bonchev–Trinajstić information content (AvgIpc) is 3.28. The summed E-state index contributed by atoms with van der Waals surface area (Å²) in [6, 6.07) is 12.4. The Morgan fingerprint density at radius 1 is 1.10 bits per heavy atom. The molecule has 2 aromatic rings. The summed E-state index contributed by atoms with van der Waals surface area (Å²) >= 11 is 0. The van der Waals surface area contributed by atoms with E-state index in [1.807, 2.05) is 12.1 Å². The van der Waals surface area contributed by atoms with Gasteiger partial charge < -0.3 is 15.0 Å². The zero-order valence-electron chi connectivity index (χ0n) is 16.0. The van der Waals surface area contributed by atoms with Crippen molar-refractivity contribution in [2.75, 3.05) is 20.2 Å². The number of nitro benzene ring substituents is 1. The van der Waals surface area contributed by atoms with Gasteiger partial charge in [0.1, 0.15) is 11.4 Å². The Bertz CT molecular complexity index is 947. The molecule has 150 valence electrons. The topological polar surface area (TPSA) is 102 Å². The van der Waals surface area contributed by atoms with E-state index in [4.69, 9.17) is 4.74 Å². The highest BCUT2D eigenvalue weighted by molar-refractivity contribution is 6.05. The van der Waals surface area contributed by atoms with Crippen LogP contribution in [0.15, 0.2) is 54.2 Å². The highest BCUT2D eigenvalue weighted by atomic mass is 16.6. The number of carbonyl (C=O) groups is 2. The van der Waals surface area contributed by atoms with Crippen LogP contribution >= 0.6 is 0 Å². The van der Waals surface area contributed by atoms with Crippen LogP contribution < -0.4 is 10.1 Å². The molecule has 1 aliphatic rings. The van der Waals surface area contributed by atoms with Crippen molar-refractivity contribution < 1.29 is 19.2 Å². The molecular weight excluding hydrogens is 374 g/mol. The van der Waals surface area contributed by atoms with Gasteiger partial charge in [0.25, 0.3) is 17.5 Å². The number of likely N-dealkylation sites (tertiary alicyclic amines) is 1. The molecule has 8 heteroatoms. The van der Waals surface area contributed by atoms with Crippen LogP contribution in [0.4, 0.5) is 5.69 Å². The first-order valence-electron chi connectivity index (χ1n) is 9.19. The minimum atomic E-state index is -0.536. The van der Waals surface area contributed by atoms with E-state index >= 15 is 0 Å². The highest BCUT2D eigenvalue weighted by Crippen LogP contribution is 2.22. The van der Waals surface area contributed by atoms with Gasteiger partial charge in [-0.3, -0.25) is 19.7 Å². The van der Waals surface area contributed by atoms with Crippen molar-refractivity contribution in [3.8, 4) is 5.75 Å². The van der Waals surface area contributed by atoms with Crippen LogP contribution in [0.5, 0.6) is 5.75 Å². The smallest absolute Gasteiger partial charge is 0.270 e. The molecule has 2 aromatic carbocycles. The van der Waals surface area contributed by atoms with Gasteiger partial charge in [0.15, 0.2) is 0 Å². The summed E-state index contributed by atoms with van der Waals surface area (Å²) < 4.78 is 5.33. The van der Waals surface area contributed by atoms with Gasteiger partial charge in [-0.2, -0.15) is 0 Å². The Hall–Kier alpha value is -3.68. The van der Waals surface area contributed by atoms with Crippen molar-refractivity contribution in [3.05, 3.63) is 75.5 Å². The molecule has 1 fully saturated rings. The molecule has 1 N–H and O–H groups in total. The molecule has 0 spiro atoms. The van der Waals surface area contributed by atoms with Gasteiger partial charge >= 0.3 is 0 Å². The molecule has 2 amide bonds. The van der Waals surface area contributed by atoms with Gasteiger partial charge in [-0.1, -0.05) is 18.2 Å². The molecule has 0 bridgehead atoms. The number of rotatable bonds is 6. The quantitative estimate of drug-likeness (QED) is 0.460. The third-order valence-electron chi connectivity index (χ3n) is 4.65. The van der Waals surface area contributed by atoms with Gasteiger partial charge in [-0.15, -0.1) is 0 Å². The lowest BCUT2D eigenvalue weighted by Crippen LogP contribution is -2.36. The lowest BCUT2D eigenvalue weighted by molar-refractivity contribution is -0.384. The van der Waals surface area contributed by atoms with Crippen LogP contribution in [0.2, 0.25) is 0 Å². The maximum Gasteiger partial charge on any atom is 0.270 e. The molecule has 1 heterocycles. The fraction of sp³-hybridized carbons (Fsp3) is 0.238. The molecule has 29 heavy (non-hydrogen) atoms. The molecule has 0 saturated carbocycles. The second-order valence-electron chi connectivity index (χ2n) is 6.56. The summed E-state index contributed by atoms with van der Waals surface area (Å²) in [5.74, 6) is -0.221. The maximum absolute atomic E-state index is 13.0. The van der Waals surface area contributed by atoms with Crippen molar-refractivity contribution in [3.63, 3.8) is 0 Å². The molecule has 8 nitrogen and oxygen atoms in total. The minimum absolute atomic E-state index is 0.112. The zero-order valence-corrected chi connectivity index (χ0v) is 16.0. The third-order valence-corrected chi connectivity index (χ3v) is 4.65. The molecule has 0 aromatic heterocycles. The van der Waals surface area contributed by atoms with Gasteiger partial charge in [0.05, 0.1) is 12.0 Å². The van der Waals surface area contributed by atoms with Crippen LogP contribution in [-0.2, 0) is 4.79 Å². The Morgan fingerprint density at radius 3 is 2.38 bits per heavy atom. The van der Waals surface area contributed by atoms with Gasteiger partial charge in [-0.25, -0.2) is 0 Å². The summed E-state index contributed by atoms with van der Waals surface area (Å²) in [6.07, 6.45) is 3.43. The van der Waals surface area contributed by atoms with E-state index in [0.29, 0.717) is 24.4 Å². The molecule has 0 unspecified atom stereocenters. The number of hydrogen-bond acceptors (Lipinski definition) is 5. The molecule has 1 aliphatic heterocycles. The second kappa shape index (κ2) is 9.01. The number of nitro groups is 1. The number of nitrogens with one attached hydrogen (secondary N) is 1. The third kappa shape index (κ3) is 4.78. The van der Waals surface area contributed by atoms with Gasteiger partial charge in [0, 0.05) is 36.3 Å². The van der Waals surface area contributed by atoms with Crippen molar-refractivity contribution in [1.29, 1.82) is 0 Å². The summed E-state index contributed by atoms with van der Waals surface area (Å²) in [5.41, 5.74) is 0.886. The van der Waals surface area contributed by atoms with E-state index in [9.17, 15) is 19.7 Å². The monoisotopic (exact) mass is 395 g/mol.